The smallest absolute Gasteiger partial charge is 0.276 e. The molecule has 30 heavy (non-hydrogen) atoms. The predicted molar refractivity (Wildman–Crippen MR) is 111 cm³/mol. The summed E-state index contributed by atoms with van der Waals surface area (Å²) in [6.07, 6.45) is 3.35. The molecule has 1 aliphatic rings. The highest BCUT2D eigenvalue weighted by molar-refractivity contribution is 7.10. The van der Waals surface area contributed by atoms with Gasteiger partial charge in [0.25, 0.3) is 5.91 Å². The third kappa shape index (κ3) is 4.56. The summed E-state index contributed by atoms with van der Waals surface area (Å²) in [6.45, 7) is 2.77. The van der Waals surface area contributed by atoms with Crippen molar-refractivity contribution in [3.05, 3.63) is 63.9 Å². The first-order chi connectivity index (χ1) is 14.5. The molecular weight excluding hydrogens is 405 g/mol. The van der Waals surface area contributed by atoms with E-state index in [0.29, 0.717) is 43.6 Å². The second-order valence-corrected chi connectivity index (χ2v) is 8.40. The Kier molecular flexibility index (Phi) is 5.89. The fourth-order valence-corrected chi connectivity index (χ4v) is 4.20. The van der Waals surface area contributed by atoms with Gasteiger partial charge in [0.15, 0.2) is 5.69 Å². The summed E-state index contributed by atoms with van der Waals surface area (Å²) in [7, 11) is 0. The van der Waals surface area contributed by atoms with Gasteiger partial charge in [-0.15, -0.1) is 16.4 Å². The first kappa shape index (κ1) is 20.2. The van der Waals surface area contributed by atoms with E-state index in [1.807, 2.05) is 17.5 Å². The van der Waals surface area contributed by atoms with E-state index in [0.717, 1.165) is 4.88 Å². The standard InChI is InChI=1S/C21H22FN5O2S/c1-14-11-16(4-5-18(14)22)27-13-19(24-25-27)21(29)26-8-6-15(7-9-26)23-20(28)12-17-3-2-10-30-17/h2-5,10-11,13,15H,6-9,12H2,1H3,(H,23,28). The summed E-state index contributed by atoms with van der Waals surface area (Å²) in [4.78, 5) is 27.7. The average molecular weight is 428 g/mol. The molecule has 3 aromatic rings. The molecular formula is C21H22FN5O2S. The molecule has 7 nitrogen and oxygen atoms in total. The van der Waals surface area contributed by atoms with Gasteiger partial charge in [-0.2, -0.15) is 0 Å². The molecule has 1 aromatic carbocycles. The van der Waals surface area contributed by atoms with E-state index in [4.69, 9.17) is 0 Å². The molecule has 1 fully saturated rings. The van der Waals surface area contributed by atoms with Crippen molar-refractivity contribution < 1.29 is 14.0 Å². The molecule has 0 bridgehead atoms. The van der Waals surface area contributed by atoms with E-state index < -0.39 is 0 Å². The van der Waals surface area contributed by atoms with Crippen LogP contribution in [0.15, 0.2) is 41.9 Å². The van der Waals surface area contributed by atoms with Gasteiger partial charge in [-0.1, -0.05) is 11.3 Å². The lowest BCUT2D eigenvalue weighted by Crippen LogP contribution is -2.47. The molecule has 0 spiro atoms. The monoisotopic (exact) mass is 427 g/mol. The largest absolute Gasteiger partial charge is 0.353 e. The third-order valence-electron chi connectivity index (χ3n) is 5.18. The number of rotatable bonds is 5. The summed E-state index contributed by atoms with van der Waals surface area (Å²) in [5.74, 6) is -0.469. The molecule has 0 saturated carbocycles. The molecule has 1 N–H and O–H groups in total. The molecule has 156 valence electrons. The fraction of sp³-hybridized carbons (Fsp3) is 0.333. The van der Waals surface area contributed by atoms with Crippen LogP contribution in [0.2, 0.25) is 0 Å². The minimum Gasteiger partial charge on any atom is -0.353 e. The average Bonchev–Trinajstić information content (AvgIpc) is 3.42. The third-order valence-corrected chi connectivity index (χ3v) is 6.06. The van der Waals surface area contributed by atoms with Gasteiger partial charge in [0, 0.05) is 24.0 Å². The highest BCUT2D eigenvalue weighted by Gasteiger charge is 2.26. The van der Waals surface area contributed by atoms with Crippen LogP contribution in [-0.2, 0) is 11.2 Å². The predicted octanol–water partition coefficient (Wildman–Crippen LogP) is 2.74. The Hall–Kier alpha value is -3.07. The number of aromatic nitrogens is 3. The highest BCUT2D eigenvalue weighted by atomic mass is 32.1. The van der Waals surface area contributed by atoms with Gasteiger partial charge in [0.1, 0.15) is 5.82 Å². The zero-order chi connectivity index (χ0) is 21.1. The van der Waals surface area contributed by atoms with E-state index in [-0.39, 0.29) is 29.4 Å². The molecule has 0 radical (unpaired) electrons. The van der Waals surface area contributed by atoms with Crippen LogP contribution in [0.4, 0.5) is 4.39 Å². The van der Waals surface area contributed by atoms with Gasteiger partial charge in [0.2, 0.25) is 5.91 Å². The fourth-order valence-electron chi connectivity index (χ4n) is 3.50. The number of thiophene rings is 1. The molecule has 9 heteroatoms. The van der Waals surface area contributed by atoms with Crippen LogP contribution < -0.4 is 5.32 Å². The Balaban J connectivity index is 1.31. The molecule has 2 aromatic heterocycles. The topological polar surface area (TPSA) is 80.1 Å². The van der Waals surface area contributed by atoms with Crippen LogP contribution in [0, 0.1) is 12.7 Å². The molecule has 4 rings (SSSR count). The number of amides is 2. The Morgan fingerprint density at radius 1 is 1.27 bits per heavy atom. The van der Waals surface area contributed by atoms with Crippen LogP contribution in [0.5, 0.6) is 0 Å². The minimum absolute atomic E-state index is 0.0137. The number of hydrogen-bond donors (Lipinski definition) is 1. The lowest BCUT2D eigenvalue weighted by molar-refractivity contribution is -0.121. The minimum atomic E-state index is -0.291. The van der Waals surface area contributed by atoms with Gasteiger partial charge in [-0.25, -0.2) is 9.07 Å². The molecule has 0 aliphatic carbocycles. The second kappa shape index (κ2) is 8.74. The Labute approximate surface area is 177 Å². The molecule has 2 amide bonds. The molecule has 0 unspecified atom stereocenters. The summed E-state index contributed by atoms with van der Waals surface area (Å²) in [6, 6.07) is 8.57. The Bertz CT molecular complexity index is 1040. The van der Waals surface area contributed by atoms with Gasteiger partial charge < -0.3 is 10.2 Å². The van der Waals surface area contributed by atoms with E-state index in [2.05, 4.69) is 15.6 Å². The number of nitrogens with zero attached hydrogens (tertiary/aromatic N) is 4. The normalized spacial score (nSPS) is 14.7. The number of likely N-dealkylation sites (tertiary alicyclic amines) is 1. The quantitative estimate of drug-likeness (QED) is 0.679. The first-order valence-corrected chi connectivity index (χ1v) is 10.7. The molecule has 1 aliphatic heterocycles. The lowest BCUT2D eigenvalue weighted by atomic mass is 10.0. The summed E-state index contributed by atoms with van der Waals surface area (Å²) in [5, 5.41) is 13.0. The molecule has 0 atom stereocenters. The second-order valence-electron chi connectivity index (χ2n) is 7.37. The molecule has 3 heterocycles. The van der Waals surface area contributed by atoms with Gasteiger partial charge in [-0.3, -0.25) is 9.59 Å². The molecule has 1 saturated heterocycles. The maximum Gasteiger partial charge on any atom is 0.276 e. The zero-order valence-corrected chi connectivity index (χ0v) is 17.4. The van der Waals surface area contributed by atoms with Crippen molar-refractivity contribution >= 4 is 23.2 Å². The van der Waals surface area contributed by atoms with Crippen LogP contribution in [0.25, 0.3) is 5.69 Å². The Morgan fingerprint density at radius 2 is 2.07 bits per heavy atom. The number of hydrogen-bond acceptors (Lipinski definition) is 5. The number of benzene rings is 1. The van der Waals surface area contributed by atoms with E-state index in [1.54, 1.807) is 41.5 Å². The number of piperidine rings is 1. The number of aryl methyl sites for hydroxylation is 1. The van der Waals surface area contributed by atoms with Crippen LogP contribution in [0.3, 0.4) is 0 Å². The SMILES string of the molecule is Cc1cc(-n2cc(C(=O)N3CCC(NC(=O)Cc4cccs4)CC3)nn2)ccc1F. The van der Waals surface area contributed by atoms with Crippen molar-refractivity contribution in [1.82, 2.24) is 25.2 Å². The summed E-state index contributed by atoms with van der Waals surface area (Å²) >= 11 is 1.57. The van der Waals surface area contributed by atoms with E-state index >= 15 is 0 Å². The van der Waals surface area contributed by atoms with Crippen molar-refractivity contribution in [1.29, 1.82) is 0 Å². The van der Waals surface area contributed by atoms with Crippen molar-refractivity contribution in [2.45, 2.75) is 32.2 Å². The summed E-state index contributed by atoms with van der Waals surface area (Å²) in [5.41, 5.74) is 1.39. The van der Waals surface area contributed by atoms with Crippen LogP contribution >= 0.6 is 11.3 Å². The van der Waals surface area contributed by atoms with Crippen molar-refractivity contribution in [2.24, 2.45) is 0 Å². The van der Waals surface area contributed by atoms with Gasteiger partial charge >= 0.3 is 0 Å². The number of halogens is 1. The van der Waals surface area contributed by atoms with Crippen molar-refractivity contribution in [2.75, 3.05) is 13.1 Å². The lowest BCUT2D eigenvalue weighted by Gasteiger charge is -2.31. The maximum atomic E-state index is 13.5. The first-order valence-electron chi connectivity index (χ1n) is 9.79. The zero-order valence-electron chi connectivity index (χ0n) is 16.5. The van der Waals surface area contributed by atoms with E-state index in [9.17, 15) is 14.0 Å². The Morgan fingerprint density at radius 3 is 2.77 bits per heavy atom. The highest BCUT2D eigenvalue weighted by Crippen LogP contribution is 2.16. The number of carbonyl (C=O) groups excluding carboxylic acids is 2. The van der Waals surface area contributed by atoms with Gasteiger partial charge in [0.05, 0.1) is 18.3 Å². The van der Waals surface area contributed by atoms with Crippen molar-refractivity contribution in [3.63, 3.8) is 0 Å². The number of carbonyl (C=O) groups is 2. The van der Waals surface area contributed by atoms with Crippen LogP contribution in [0.1, 0.15) is 33.8 Å². The summed E-state index contributed by atoms with van der Waals surface area (Å²) < 4.78 is 14.9. The van der Waals surface area contributed by atoms with Crippen LogP contribution in [-0.4, -0.2) is 50.8 Å². The number of nitrogens with one attached hydrogen (secondary N) is 1. The van der Waals surface area contributed by atoms with E-state index in [1.165, 1.54) is 10.7 Å². The maximum absolute atomic E-state index is 13.5. The van der Waals surface area contributed by atoms with Crippen molar-refractivity contribution in [3.8, 4) is 5.69 Å². The van der Waals surface area contributed by atoms with Gasteiger partial charge in [-0.05, 0) is 55.0 Å².